The van der Waals surface area contributed by atoms with Crippen molar-refractivity contribution in [3.63, 3.8) is 0 Å². The fourth-order valence-corrected chi connectivity index (χ4v) is 2.03. The molecule has 0 saturated heterocycles. The molecule has 1 aromatic heterocycles. The van der Waals surface area contributed by atoms with E-state index in [1.54, 1.807) is 12.4 Å². The molecule has 0 fully saturated rings. The second kappa shape index (κ2) is 5.92. The topological polar surface area (TPSA) is 55.0 Å². The highest BCUT2D eigenvalue weighted by Crippen LogP contribution is 2.22. The first-order chi connectivity index (χ1) is 7.68. The number of likely N-dealkylation sites (N-methyl/N-ethyl adjacent to an activating group) is 1. The molecule has 0 amide bonds. The highest BCUT2D eigenvalue weighted by atomic mass is 15.2. The first-order valence-corrected chi connectivity index (χ1v) is 5.85. The summed E-state index contributed by atoms with van der Waals surface area (Å²) in [5.41, 5.74) is 5.97. The molecule has 0 aromatic carbocycles. The smallest absolute Gasteiger partial charge is 0.142 e. The van der Waals surface area contributed by atoms with Gasteiger partial charge < -0.3 is 5.73 Å². The lowest BCUT2D eigenvalue weighted by molar-refractivity contribution is 0.105. The summed E-state index contributed by atoms with van der Waals surface area (Å²) in [5.74, 6) is 0.852. The zero-order valence-electron chi connectivity index (χ0n) is 10.5. The normalized spacial score (nSPS) is 12.1. The first-order valence-electron chi connectivity index (χ1n) is 5.85. The summed E-state index contributed by atoms with van der Waals surface area (Å²) in [6.45, 7) is 5.78. The lowest BCUT2D eigenvalue weighted by atomic mass is 9.91. The Kier molecular flexibility index (Phi) is 4.83. The minimum atomic E-state index is 0.0687. The Bertz CT molecular complexity index is 287. The van der Waals surface area contributed by atoms with E-state index in [0.29, 0.717) is 6.54 Å². The van der Waals surface area contributed by atoms with Gasteiger partial charge in [0.2, 0.25) is 0 Å². The summed E-state index contributed by atoms with van der Waals surface area (Å²) in [4.78, 5) is 10.7. The van der Waals surface area contributed by atoms with Crippen LogP contribution in [0.1, 0.15) is 32.5 Å². The van der Waals surface area contributed by atoms with Crippen molar-refractivity contribution in [1.82, 2.24) is 14.9 Å². The number of nitrogens with two attached hydrogens (primary N) is 1. The van der Waals surface area contributed by atoms with Crippen LogP contribution in [0, 0.1) is 0 Å². The molecule has 0 spiro atoms. The minimum absolute atomic E-state index is 0.0687. The molecule has 90 valence electrons. The van der Waals surface area contributed by atoms with Crippen LogP contribution in [0.3, 0.4) is 0 Å². The predicted molar refractivity (Wildman–Crippen MR) is 65.9 cm³/mol. The zero-order chi connectivity index (χ0) is 12.0. The van der Waals surface area contributed by atoms with Crippen LogP contribution in [0.15, 0.2) is 18.5 Å². The fourth-order valence-electron chi connectivity index (χ4n) is 2.03. The Morgan fingerprint density at radius 2 is 1.81 bits per heavy atom. The van der Waals surface area contributed by atoms with Crippen molar-refractivity contribution >= 4 is 0 Å². The maximum Gasteiger partial charge on any atom is 0.142 e. The van der Waals surface area contributed by atoms with Crippen LogP contribution in [-0.4, -0.2) is 34.0 Å². The molecular formula is C12H22N4. The van der Waals surface area contributed by atoms with Crippen molar-refractivity contribution < 1.29 is 0 Å². The third kappa shape index (κ3) is 2.77. The highest BCUT2D eigenvalue weighted by Gasteiger charge is 2.29. The molecule has 1 heterocycles. The van der Waals surface area contributed by atoms with Gasteiger partial charge in [0.15, 0.2) is 0 Å². The molecule has 0 aliphatic carbocycles. The van der Waals surface area contributed by atoms with E-state index in [9.17, 15) is 0 Å². The van der Waals surface area contributed by atoms with E-state index in [2.05, 4.69) is 35.8 Å². The van der Waals surface area contributed by atoms with Gasteiger partial charge in [0.25, 0.3) is 0 Å². The number of nitrogens with zero attached hydrogens (tertiary/aromatic N) is 3. The zero-order valence-corrected chi connectivity index (χ0v) is 10.5. The third-order valence-corrected chi connectivity index (χ3v) is 3.50. The molecule has 0 saturated carbocycles. The average Bonchev–Trinajstić information content (AvgIpc) is 2.33. The maximum atomic E-state index is 5.90. The first kappa shape index (κ1) is 13.1. The second-order valence-corrected chi connectivity index (χ2v) is 4.16. The van der Waals surface area contributed by atoms with Gasteiger partial charge in [-0.15, -0.1) is 0 Å². The van der Waals surface area contributed by atoms with Gasteiger partial charge in [0.1, 0.15) is 5.82 Å². The maximum absolute atomic E-state index is 5.90. The number of hydrogen-bond donors (Lipinski definition) is 1. The van der Waals surface area contributed by atoms with Gasteiger partial charge in [-0.1, -0.05) is 13.8 Å². The van der Waals surface area contributed by atoms with Crippen LogP contribution in [-0.2, 0) is 6.54 Å². The Morgan fingerprint density at radius 1 is 1.25 bits per heavy atom. The standard InChI is InChI=1S/C12H22N4/c1-4-12(5-2,10-13)16(3)9-11-14-7-6-8-15-11/h6-8H,4-5,9-10,13H2,1-3H3. The molecule has 2 N–H and O–H groups in total. The van der Waals surface area contributed by atoms with Gasteiger partial charge in [-0.05, 0) is 26.0 Å². The molecule has 1 rings (SSSR count). The molecule has 16 heavy (non-hydrogen) atoms. The van der Waals surface area contributed by atoms with E-state index < -0.39 is 0 Å². The summed E-state index contributed by atoms with van der Waals surface area (Å²) in [5, 5.41) is 0. The quantitative estimate of drug-likeness (QED) is 0.791. The Labute approximate surface area is 97.9 Å². The number of hydrogen-bond acceptors (Lipinski definition) is 4. The van der Waals surface area contributed by atoms with Crippen molar-refractivity contribution in [1.29, 1.82) is 0 Å². The SMILES string of the molecule is CCC(CC)(CN)N(C)Cc1ncccn1. The van der Waals surface area contributed by atoms with E-state index >= 15 is 0 Å². The molecule has 0 bridgehead atoms. The van der Waals surface area contributed by atoms with Crippen LogP contribution >= 0.6 is 0 Å². The van der Waals surface area contributed by atoms with Gasteiger partial charge in [-0.25, -0.2) is 9.97 Å². The van der Waals surface area contributed by atoms with Crippen LogP contribution < -0.4 is 5.73 Å². The van der Waals surface area contributed by atoms with Crippen LogP contribution in [0.2, 0.25) is 0 Å². The van der Waals surface area contributed by atoms with Crippen molar-refractivity contribution in [2.24, 2.45) is 5.73 Å². The Morgan fingerprint density at radius 3 is 2.25 bits per heavy atom. The summed E-state index contributed by atoms with van der Waals surface area (Å²) in [6.07, 6.45) is 5.64. The largest absolute Gasteiger partial charge is 0.329 e. The third-order valence-electron chi connectivity index (χ3n) is 3.50. The molecule has 0 aliphatic heterocycles. The van der Waals surface area contributed by atoms with Crippen molar-refractivity contribution in [2.75, 3.05) is 13.6 Å². The Balaban J connectivity index is 2.73. The van der Waals surface area contributed by atoms with Crippen LogP contribution in [0.5, 0.6) is 0 Å². The molecular weight excluding hydrogens is 200 g/mol. The minimum Gasteiger partial charge on any atom is -0.329 e. The fraction of sp³-hybridized carbons (Fsp3) is 0.667. The van der Waals surface area contributed by atoms with E-state index in [1.165, 1.54) is 0 Å². The summed E-state index contributed by atoms with van der Waals surface area (Å²) >= 11 is 0. The summed E-state index contributed by atoms with van der Waals surface area (Å²) in [7, 11) is 2.09. The van der Waals surface area contributed by atoms with Gasteiger partial charge in [-0.2, -0.15) is 0 Å². The van der Waals surface area contributed by atoms with E-state index in [-0.39, 0.29) is 5.54 Å². The number of rotatable bonds is 6. The summed E-state index contributed by atoms with van der Waals surface area (Å²) in [6, 6.07) is 1.83. The van der Waals surface area contributed by atoms with E-state index in [1.807, 2.05) is 6.07 Å². The molecule has 4 nitrogen and oxygen atoms in total. The lowest BCUT2D eigenvalue weighted by Gasteiger charge is -2.39. The Hall–Kier alpha value is -1.00. The lowest BCUT2D eigenvalue weighted by Crippen LogP contribution is -2.51. The number of aromatic nitrogens is 2. The summed E-state index contributed by atoms with van der Waals surface area (Å²) < 4.78 is 0. The molecule has 0 unspecified atom stereocenters. The monoisotopic (exact) mass is 222 g/mol. The van der Waals surface area contributed by atoms with Gasteiger partial charge in [-0.3, -0.25) is 4.90 Å². The predicted octanol–water partition coefficient (Wildman–Crippen LogP) is 1.43. The van der Waals surface area contributed by atoms with Crippen LogP contribution in [0.4, 0.5) is 0 Å². The molecule has 4 heteroatoms. The second-order valence-electron chi connectivity index (χ2n) is 4.16. The van der Waals surface area contributed by atoms with E-state index in [4.69, 9.17) is 5.73 Å². The molecule has 0 atom stereocenters. The van der Waals surface area contributed by atoms with Crippen molar-refractivity contribution in [3.05, 3.63) is 24.3 Å². The molecule has 1 aromatic rings. The average molecular weight is 222 g/mol. The van der Waals surface area contributed by atoms with Crippen LogP contribution in [0.25, 0.3) is 0 Å². The highest BCUT2D eigenvalue weighted by molar-refractivity contribution is 4.93. The van der Waals surface area contributed by atoms with E-state index in [0.717, 1.165) is 25.2 Å². The molecule has 0 radical (unpaired) electrons. The van der Waals surface area contributed by atoms with Crippen molar-refractivity contribution in [2.45, 2.75) is 38.8 Å². The van der Waals surface area contributed by atoms with Gasteiger partial charge in [0.05, 0.1) is 6.54 Å². The van der Waals surface area contributed by atoms with Gasteiger partial charge in [0, 0.05) is 24.5 Å². The van der Waals surface area contributed by atoms with Crippen molar-refractivity contribution in [3.8, 4) is 0 Å². The van der Waals surface area contributed by atoms with Gasteiger partial charge >= 0.3 is 0 Å². The molecule has 0 aliphatic rings.